The summed E-state index contributed by atoms with van der Waals surface area (Å²) in [5, 5.41) is 14.8. The third kappa shape index (κ3) is 3.06. The molecule has 1 aromatic heterocycles. The molecule has 1 fully saturated rings. The highest BCUT2D eigenvalue weighted by molar-refractivity contribution is 5.91. The first-order valence-electron chi connectivity index (χ1n) is 7.63. The summed E-state index contributed by atoms with van der Waals surface area (Å²) >= 11 is 0. The van der Waals surface area contributed by atoms with E-state index in [0.717, 1.165) is 24.8 Å². The topological polar surface area (TPSA) is 87.4 Å². The Morgan fingerprint density at radius 1 is 1.45 bits per heavy atom. The van der Waals surface area contributed by atoms with Crippen LogP contribution < -0.4 is 10.6 Å². The van der Waals surface area contributed by atoms with Gasteiger partial charge in [-0.05, 0) is 36.8 Å². The van der Waals surface area contributed by atoms with Crippen molar-refractivity contribution in [3.8, 4) is 0 Å². The van der Waals surface area contributed by atoms with E-state index in [0.29, 0.717) is 23.7 Å². The molecule has 6 heteroatoms. The lowest BCUT2D eigenvalue weighted by molar-refractivity contribution is 0.0892. The Hall–Kier alpha value is -2.08. The summed E-state index contributed by atoms with van der Waals surface area (Å²) in [6.07, 6.45) is 4.05. The summed E-state index contributed by atoms with van der Waals surface area (Å²) in [6, 6.07) is 5.15. The standard InChI is InChI=1S/C16H21N3O3/c1-11-18-13-4-3-12(9-14(13)22-11)19-15(21)17-10-16(7-8-20)5-2-6-16/h3-4,9,20H,2,5-8,10H2,1H3,(H2,17,19,21). The van der Waals surface area contributed by atoms with E-state index in [1.165, 1.54) is 6.42 Å². The fraction of sp³-hybridized carbons (Fsp3) is 0.500. The van der Waals surface area contributed by atoms with Crippen LogP contribution >= 0.6 is 0 Å². The third-order valence-electron chi connectivity index (χ3n) is 4.43. The molecule has 3 N–H and O–H groups in total. The highest BCUT2D eigenvalue weighted by Gasteiger charge is 2.36. The predicted octanol–water partition coefficient (Wildman–Crippen LogP) is 2.81. The van der Waals surface area contributed by atoms with Crippen LogP contribution in [0.4, 0.5) is 10.5 Å². The minimum absolute atomic E-state index is 0.0814. The number of carbonyl (C=O) groups is 1. The van der Waals surface area contributed by atoms with Gasteiger partial charge in [0.2, 0.25) is 0 Å². The minimum atomic E-state index is -0.236. The molecule has 0 atom stereocenters. The maximum atomic E-state index is 12.0. The van der Waals surface area contributed by atoms with Gasteiger partial charge in [0.25, 0.3) is 0 Å². The average molecular weight is 303 g/mol. The summed E-state index contributed by atoms with van der Waals surface area (Å²) in [7, 11) is 0. The van der Waals surface area contributed by atoms with Crippen molar-refractivity contribution in [2.45, 2.75) is 32.6 Å². The van der Waals surface area contributed by atoms with Crippen molar-refractivity contribution < 1.29 is 14.3 Å². The smallest absolute Gasteiger partial charge is 0.319 e. The number of aliphatic hydroxyl groups is 1. The van der Waals surface area contributed by atoms with Crippen LogP contribution in [0.3, 0.4) is 0 Å². The van der Waals surface area contributed by atoms with E-state index >= 15 is 0 Å². The molecular formula is C16H21N3O3. The SMILES string of the molecule is Cc1nc2ccc(NC(=O)NCC3(CCO)CCC3)cc2o1. The summed E-state index contributed by atoms with van der Waals surface area (Å²) in [4.78, 5) is 16.2. The van der Waals surface area contributed by atoms with E-state index < -0.39 is 0 Å². The second kappa shape index (κ2) is 5.96. The molecule has 2 amide bonds. The van der Waals surface area contributed by atoms with Crippen molar-refractivity contribution >= 4 is 22.8 Å². The second-order valence-electron chi connectivity index (χ2n) is 6.05. The van der Waals surface area contributed by atoms with E-state index in [2.05, 4.69) is 15.6 Å². The summed E-state index contributed by atoms with van der Waals surface area (Å²) in [5.74, 6) is 0.604. The van der Waals surface area contributed by atoms with E-state index in [4.69, 9.17) is 9.52 Å². The van der Waals surface area contributed by atoms with Gasteiger partial charge in [-0.25, -0.2) is 9.78 Å². The molecule has 6 nitrogen and oxygen atoms in total. The van der Waals surface area contributed by atoms with Crippen LogP contribution in [-0.4, -0.2) is 29.3 Å². The number of urea groups is 1. The van der Waals surface area contributed by atoms with Gasteiger partial charge in [0.05, 0.1) is 0 Å². The Balaban J connectivity index is 1.58. The van der Waals surface area contributed by atoms with Crippen LogP contribution in [-0.2, 0) is 0 Å². The van der Waals surface area contributed by atoms with E-state index in [9.17, 15) is 4.79 Å². The number of nitrogens with zero attached hydrogens (tertiary/aromatic N) is 1. The van der Waals surface area contributed by atoms with Gasteiger partial charge in [0, 0.05) is 31.8 Å². The van der Waals surface area contributed by atoms with Gasteiger partial charge < -0.3 is 20.2 Å². The van der Waals surface area contributed by atoms with Crippen LogP contribution in [0.2, 0.25) is 0 Å². The largest absolute Gasteiger partial charge is 0.441 e. The zero-order valence-electron chi connectivity index (χ0n) is 12.7. The first-order valence-corrected chi connectivity index (χ1v) is 7.63. The lowest BCUT2D eigenvalue weighted by Crippen LogP contribution is -2.44. The number of carbonyl (C=O) groups excluding carboxylic acids is 1. The molecule has 0 bridgehead atoms. The Morgan fingerprint density at radius 3 is 2.95 bits per heavy atom. The number of anilines is 1. The number of hydrogen-bond donors (Lipinski definition) is 3. The molecule has 0 spiro atoms. The van der Waals surface area contributed by atoms with Gasteiger partial charge in [0.15, 0.2) is 11.5 Å². The Morgan fingerprint density at radius 2 is 2.27 bits per heavy atom. The number of aryl methyl sites for hydroxylation is 1. The van der Waals surface area contributed by atoms with Crippen LogP contribution in [0.5, 0.6) is 0 Å². The fourth-order valence-corrected chi connectivity index (χ4v) is 2.99. The quantitative estimate of drug-likeness (QED) is 0.792. The van der Waals surface area contributed by atoms with Crippen molar-refractivity contribution in [3.05, 3.63) is 24.1 Å². The molecule has 0 aliphatic heterocycles. The van der Waals surface area contributed by atoms with Gasteiger partial charge in [0.1, 0.15) is 5.52 Å². The lowest BCUT2D eigenvalue weighted by atomic mass is 9.67. The molecular weight excluding hydrogens is 282 g/mol. The van der Waals surface area contributed by atoms with Gasteiger partial charge in [-0.15, -0.1) is 0 Å². The van der Waals surface area contributed by atoms with Gasteiger partial charge in [-0.1, -0.05) is 6.42 Å². The Labute approximate surface area is 128 Å². The Kier molecular flexibility index (Phi) is 4.02. The monoisotopic (exact) mass is 303 g/mol. The molecule has 1 aliphatic carbocycles. The number of rotatable bonds is 5. The van der Waals surface area contributed by atoms with Crippen molar-refractivity contribution in [3.63, 3.8) is 0 Å². The molecule has 1 saturated carbocycles. The molecule has 0 radical (unpaired) electrons. The average Bonchev–Trinajstić information content (AvgIpc) is 2.81. The van der Waals surface area contributed by atoms with Gasteiger partial charge in [-0.3, -0.25) is 0 Å². The van der Waals surface area contributed by atoms with Crippen molar-refractivity contribution in [2.24, 2.45) is 5.41 Å². The second-order valence-corrected chi connectivity index (χ2v) is 6.05. The van der Waals surface area contributed by atoms with Crippen molar-refractivity contribution in [1.29, 1.82) is 0 Å². The molecule has 0 saturated heterocycles. The maximum absolute atomic E-state index is 12.0. The Bertz CT molecular complexity index is 676. The normalized spacial score (nSPS) is 16.3. The summed E-state index contributed by atoms with van der Waals surface area (Å²) < 4.78 is 5.45. The van der Waals surface area contributed by atoms with Crippen molar-refractivity contribution in [1.82, 2.24) is 10.3 Å². The number of amides is 2. The molecule has 1 aliphatic rings. The van der Waals surface area contributed by atoms with Gasteiger partial charge in [-0.2, -0.15) is 0 Å². The number of oxazole rings is 1. The summed E-state index contributed by atoms with van der Waals surface area (Å²) in [5.41, 5.74) is 2.19. The van der Waals surface area contributed by atoms with E-state index in [-0.39, 0.29) is 18.1 Å². The number of fused-ring (bicyclic) bond motifs is 1. The molecule has 22 heavy (non-hydrogen) atoms. The molecule has 118 valence electrons. The minimum Gasteiger partial charge on any atom is -0.441 e. The first-order chi connectivity index (χ1) is 10.6. The molecule has 2 aromatic rings. The number of aliphatic hydroxyl groups excluding tert-OH is 1. The van der Waals surface area contributed by atoms with Crippen molar-refractivity contribution in [2.75, 3.05) is 18.5 Å². The van der Waals surface area contributed by atoms with E-state index in [1.54, 1.807) is 19.1 Å². The number of aromatic nitrogens is 1. The van der Waals surface area contributed by atoms with E-state index in [1.807, 2.05) is 6.07 Å². The van der Waals surface area contributed by atoms with Crippen LogP contribution in [0.1, 0.15) is 31.6 Å². The highest BCUT2D eigenvalue weighted by atomic mass is 16.3. The van der Waals surface area contributed by atoms with Crippen LogP contribution in [0, 0.1) is 12.3 Å². The zero-order valence-corrected chi connectivity index (χ0v) is 12.7. The summed E-state index contributed by atoms with van der Waals surface area (Å²) in [6.45, 7) is 2.56. The predicted molar refractivity (Wildman–Crippen MR) is 83.8 cm³/mol. The number of benzene rings is 1. The first kappa shape index (κ1) is 14.8. The van der Waals surface area contributed by atoms with Crippen LogP contribution in [0.25, 0.3) is 11.1 Å². The van der Waals surface area contributed by atoms with Crippen LogP contribution in [0.15, 0.2) is 22.6 Å². The zero-order chi connectivity index (χ0) is 15.6. The molecule has 1 heterocycles. The fourth-order valence-electron chi connectivity index (χ4n) is 2.99. The molecule has 1 aromatic carbocycles. The maximum Gasteiger partial charge on any atom is 0.319 e. The van der Waals surface area contributed by atoms with Gasteiger partial charge >= 0.3 is 6.03 Å². The molecule has 3 rings (SSSR count). The lowest BCUT2D eigenvalue weighted by Gasteiger charge is -2.41. The number of nitrogens with one attached hydrogen (secondary N) is 2. The highest BCUT2D eigenvalue weighted by Crippen LogP contribution is 2.43. The number of hydrogen-bond acceptors (Lipinski definition) is 4. The third-order valence-corrected chi connectivity index (χ3v) is 4.43. The molecule has 0 unspecified atom stereocenters.